The zero-order valence-corrected chi connectivity index (χ0v) is 28.6. The fourth-order valence-corrected chi connectivity index (χ4v) is 7.99. The lowest BCUT2D eigenvalue weighted by molar-refractivity contribution is 0.669. The second-order valence-electron chi connectivity index (χ2n) is 13.8. The summed E-state index contributed by atoms with van der Waals surface area (Å²) in [6.07, 6.45) is 1.91. The van der Waals surface area contributed by atoms with Crippen LogP contribution in [-0.2, 0) is 0 Å². The van der Waals surface area contributed by atoms with Gasteiger partial charge in [0.1, 0.15) is 11.2 Å². The molecule has 11 aromatic rings. The van der Waals surface area contributed by atoms with Gasteiger partial charge < -0.3 is 4.42 Å². The molecule has 11 rings (SSSR count). The monoisotopic (exact) mass is 674 g/mol. The van der Waals surface area contributed by atoms with Gasteiger partial charge >= 0.3 is 0 Å². The lowest BCUT2D eigenvalue weighted by Gasteiger charge is -2.11. The van der Waals surface area contributed by atoms with Gasteiger partial charge in [-0.1, -0.05) is 140 Å². The summed E-state index contributed by atoms with van der Waals surface area (Å²) in [5, 5.41) is 9.38. The van der Waals surface area contributed by atoms with E-state index >= 15 is 0 Å². The molecule has 9 aromatic carbocycles. The Morgan fingerprint density at radius 1 is 0.321 bits per heavy atom. The molecular weight excluding hydrogens is 645 g/mol. The van der Waals surface area contributed by atoms with Crippen molar-refractivity contribution in [3.05, 3.63) is 182 Å². The van der Waals surface area contributed by atoms with Gasteiger partial charge in [-0.2, -0.15) is 0 Å². The number of furan rings is 1. The van der Waals surface area contributed by atoms with E-state index in [0.29, 0.717) is 0 Å². The fourth-order valence-electron chi connectivity index (χ4n) is 7.99. The van der Waals surface area contributed by atoms with Crippen LogP contribution >= 0.6 is 0 Å². The van der Waals surface area contributed by atoms with E-state index in [0.717, 1.165) is 66.1 Å². The minimum absolute atomic E-state index is 0.867. The van der Waals surface area contributed by atoms with Crippen LogP contribution in [-0.4, -0.2) is 9.97 Å². The van der Waals surface area contributed by atoms with Crippen LogP contribution < -0.4 is 0 Å². The first kappa shape index (κ1) is 29.6. The van der Waals surface area contributed by atoms with Crippen LogP contribution in [0.5, 0.6) is 0 Å². The number of rotatable bonds is 4. The highest BCUT2D eigenvalue weighted by molar-refractivity contribution is 6.23. The number of nitrogens with zero attached hydrogens (tertiary/aromatic N) is 2. The maximum Gasteiger partial charge on any atom is 0.135 e. The van der Waals surface area contributed by atoms with E-state index in [9.17, 15) is 0 Å². The Labute approximate surface area is 305 Å². The van der Waals surface area contributed by atoms with Crippen molar-refractivity contribution in [3.8, 4) is 44.6 Å². The molecule has 0 atom stereocenters. The third kappa shape index (κ3) is 4.90. The van der Waals surface area contributed by atoms with Crippen LogP contribution in [0.25, 0.3) is 110 Å². The molecule has 3 heteroatoms. The Morgan fingerprint density at radius 3 is 1.55 bits per heavy atom. The average Bonchev–Trinajstić information content (AvgIpc) is 3.61. The van der Waals surface area contributed by atoms with Crippen LogP contribution in [0.15, 0.2) is 187 Å². The van der Waals surface area contributed by atoms with Gasteiger partial charge in [0.25, 0.3) is 0 Å². The fraction of sp³-hybridized carbons (Fsp3) is 0. The summed E-state index contributed by atoms with van der Waals surface area (Å²) in [6.45, 7) is 0. The Kier molecular flexibility index (Phi) is 6.55. The Hall–Kier alpha value is -7.10. The summed E-state index contributed by atoms with van der Waals surface area (Å²) in [4.78, 5) is 10.2. The Morgan fingerprint density at radius 2 is 0.830 bits per heavy atom. The molecule has 0 radical (unpaired) electrons. The molecule has 0 spiro atoms. The van der Waals surface area contributed by atoms with Crippen LogP contribution in [0, 0.1) is 0 Å². The van der Waals surface area contributed by atoms with Gasteiger partial charge in [0.05, 0.1) is 22.9 Å². The van der Waals surface area contributed by atoms with Crippen molar-refractivity contribution in [2.75, 3.05) is 0 Å². The molecule has 0 N–H and O–H groups in total. The smallest absolute Gasteiger partial charge is 0.135 e. The molecule has 0 bridgehead atoms. The standard InChI is InChI=1S/C50H30N2O/c1-3-13-43-40(10-1)41-11-2-4-14-44(41)50-49(43)51-30-46(52-50)39-9-7-8-33(28-39)31-16-18-32(19-17-31)34-20-21-36-27-37(23-22-35(36)26-34)38-24-25-48-45(29-38)42-12-5-6-15-47(42)53-48/h1-30H. The van der Waals surface area contributed by atoms with Gasteiger partial charge in [0.2, 0.25) is 0 Å². The molecule has 2 aromatic heterocycles. The molecule has 0 saturated carbocycles. The zero-order chi connectivity index (χ0) is 34.9. The number of fused-ring (bicyclic) bond motifs is 10. The number of para-hydroxylation sites is 1. The lowest BCUT2D eigenvalue weighted by Crippen LogP contribution is -1.92. The highest BCUT2D eigenvalue weighted by Crippen LogP contribution is 2.37. The minimum atomic E-state index is 0.867. The molecule has 0 saturated heterocycles. The van der Waals surface area contributed by atoms with Crippen LogP contribution in [0.4, 0.5) is 0 Å². The number of benzene rings is 9. The van der Waals surface area contributed by atoms with E-state index in [-0.39, 0.29) is 0 Å². The number of hydrogen-bond acceptors (Lipinski definition) is 3. The summed E-state index contributed by atoms with van der Waals surface area (Å²) in [6, 6.07) is 62.6. The molecule has 0 unspecified atom stereocenters. The quantitative estimate of drug-likeness (QED) is 0.174. The molecule has 53 heavy (non-hydrogen) atoms. The molecule has 0 aliphatic heterocycles. The van der Waals surface area contributed by atoms with Crippen molar-refractivity contribution < 1.29 is 4.42 Å². The molecule has 2 heterocycles. The first-order valence-electron chi connectivity index (χ1n) is 18.0. The van der Waals surface area contributed by atoms with Crippen LogP contribution in [0.1, 0.15) is 0 Å². The predicted molar refractivity (Wildman–Crippen MR) is 221 cm³/mol. The summed E-state index contributed by atoms with van der Waals surface area (Å²) in [5.74, 6) is 0. The summed E-state index contributed by atoms with van der Waals surface area (Å²) >= 11 is 0. The SMILES string of the molecule is c1cc(-c2ccc(-c3ccc4cc(-c5ccc6oc7ccccc7c6c5)ccc4c3)cc2)cc(-c2cnc3c4ccccc4c4ccccc4c3n2)c1. The maximum absolute atomic E-state index is 6.06. The molecular formula is C50H30N2O. The van der Waals surface area contributed by atoms with Gasteiger partial charge in [0, 0.05) is 27.1 Å². The number of aromatic nitrogens is 2. The van der Waals surface area contributed by atoms with Crippen molar-refractivity contribution in [2.24, 2.45) is 0 Å². The largest absolute Gasteiger partial charge is 0.456 e. The van der Waals surface area contributed by atoms with Gasteiger partial charge in [-0.25, -0.2) is 4.98 Å². The first-order valence-corrected chi connectivity index (χ1v) is 18.0. The van der Waals surface area contributed by atoms with Crippen molar-refractivity contribution in [2.45, 2.75) is 0 Å². The summed E-state index contributed by atoms with van der Waals surface area (Å²) in [7, 11) is 0. The highest BCUT2D eigenvalue weighted by Gasteiger charge is 2.13. The molecule has 0 aliphatic rings. The minimum Gasteiger partial charge on any atom is -0.456 e. The summed E-state index contributed by atoms with van der Waals surface area (Å²) < 4.78 is 6.06. The van der Waals surface area contributed by atoms with Gasteiger partial charge in [-0.05, 0) is 91.3 Å². The Bertz CT molecular complexity index is 3190. The first-order chi connectivity index (χ1) is 26.2. The van der Waals surface area contributed by atoms with Gasteiger partial charge in [0.15, 0.2) is 0 Å². The topological polar surface area (TPSA) is 38.9 Å². The van der Waals surface area contributed by atoms with Crippen molar-refractivity contribution in [1.82, 2.24) is 9.97 Å². The van der Waals surface area contributed by atoms with E-state index in [1.165, 1.54) is 43.8 Å². The van der Waals surface area contributed by atoms with Gasteiger partial charge in [-0.3, -0.25) is 4.98 Å². The number of hydrogen-bond donors (Lipinski definition) is 0. The molecule has 3 nitrogen and oxygen atoms in total. The average molecular weight is 675 g/mol. The van der Waals surface area contributed by atoms with Crippen LogP contribution in [0.3, 0.4) is 0 Å². The maximum atomic E-state index is 6.06. The molecule has 0 fully saturated rings. The van der Waals surface area contributed by atoms with E-state index in [4.69, 9.17) is 14.4 Å². The normalized spacial score (nSPS) is 11.8. The van der Waals surface area contributed by atoms with Crippen LogP contribution in [0.2, 0.25) is 0 Å². The summed E-state index contributed by atoms with van der Waals surface area (Å²) in [5.41, 5.74) is 12.7. The third-order valence-corrected chi connectivity index (χ3v) is 10.7. The van der Waals surface area contributed by atoms with E-state index in [2.05, 4.69) is 164 Å². The van der Waals surface area contributed by atoms with Crippen molar-refractivity contribution in [3.63, 3.8) is 0 Å². The lowest BCUT2D eigenvalue weighted by atomic mass is 9.95. The Balaban J connectivity index is 0.893. The van der Waals surface area contributed by atoms with E-state index in [1.807, 2.05) is 18.3 Å². The second-order valence-corrected chi connectivity index (χ2v) is 13.8. The molecule has 0 amide bonds. The van der Waals surface area contributed by atoms with E-state index in [1.54, 1.807) is 0 Å². The zero-order valence-electron chi connectivity index (χ0n) is 28.6. The second kappa shape index (κ2) is 11.7. The van der Waals surface area contributed by atoms with Gasteiger partial charge in [-0.15, -0.1) is 0 Å². The third-order valence-electron chi connectivity index (χ3n) is 10.7. The molecule has 0 aliphatic carbocycles. The van der Waals surface area contributed by atoms with Crippen molar-refractivity contribution in [1.29, 1.82) is 0 Å². The predicted octanol–water partition coefficient (Wildman–Crippen LogP) is 13.7. The highest BCUT2D eigenvalue weighted by atomic mass is 16.3. The molecule has 246 valence electrons. The van der Waals surface area contributed by atoms with E-state index < -0.39 is 0 Å². The van der Waals surface area contributed by atoms with Crippen molar-refractivity contribution >= 4 is 65.3 Å².